The third-order valence-electron chi connectivity index (χ3n) is 2.65. The maximum atomic E-state index is 13.2. The SMILES string of the molecule is Cc1cc(Br)c(NCc2cc(F)ccc2Cl)c(Br)c1. The number of rotatable bonds is 3. The van der Waals surface area contributed by atoms with Crippen molar-refractivity contribution in [2.75, 3.05) is 5.32 Å². The predicted octanol–water partition coefficient (Wildman–Crippen LogP) is 5.92. The molecule has 5 heteroatoms. The van der Waals surface area contributed by atoms with E-state index in [1.54, 1.807) is 6.07 Å². The first kappa shape index (κ1) is 14.8. The number of halogens is 4. The fourth-order valence-corrected chi connectivity index (χ4v) is 3.61. The van der Waals surface area contributed by atoms with E-state index in [-0.39, 0.29) is 5.82 Å². The predicted molar refractivity (Wildman–Crippen MR) is 85.3 cm³/mol. The van der Waals surface area contributed by atoms with Crippen LogP contribution in [0.1, 0.15) is 11.1 Å². The minimum Gasteiger partial charge on any atom is -0.379 e. The molecule has 0 spiro atoms. The summed E-state index contributed by atoms with van der Waals surface area (Å²) in [6.45, 7) is 2.47. The second kappa shape index (κ2) is 6.25. The second-order valence-corrected chi connectivity index (χ2v) is 6.31. The zero-order valence-electron chi connectivity index (χ0n) is 10.1. The van der Waals surface area contributed by atoms with Crippen molar-refractivity contribution in [3.63, 3.8) is 0 Å². The number of hydrogen-bond donors (Lipinski definition) is 1. The molecule has 100 valence electrons. The Balaban J connectivity index is 2.21. The zero-order chi connectivity index (χ0) is 14.0. The minimum absolute atomic E-state index is 0.289. The largest absolute Gasteiger partial charge is 0.379 e. The molecule has 19 heavy (non-hydrogen) atoms. The van der Waals surface area contributed by atoms with Crippen molar-refractivity contribution in [2.24, 2.45) is 0 Å². The van der Waals surface area contributed by atoms with Crippen molar-refractivity contribution in [3.05, 3.63) is 61.2 Å². The van der Waals surface area contributed by atoms with E-state index in [1.165, 1.54) is 12.1 Å². The molecule has 0 aliphatic rings. The molecule has 1 nitrogen and oxygen atoms in total. The standard InChI is InChI=1S/C14H11Br2ClFN/c1-8-4-11(15)14(12(16)5-8)19-7-9-6-10(18)2-3-13(9)17/h2-6,19H,7H2,1H3. The Morgan fingerprint density at radius 2 is 1.79 bits per heavy atom. The Hall–Kier alpha value is -0.580. The first-order valence-corrected chi connectivity index (χ1v) is 7.57. The van der Waals surface area contributed by atoms with Gasteiger partial charge in [-0.3, -0.25) is 0 Å². The number of benzene rings is 2. The number of nitrogens with one attached hydrogen (secondary N) is 1. The van der Waals surface area contributed by atoms with E-state index in [0.29, 0.717) is 11.6 Å². The van der Waals surface area contributed by atoms with Crippen molar-refractivity contribution < 1.29 is 4.39 Å². The molecular weight excluding hydrogens is 396 g/mol. The average molecular weight is 408 g/mol. The van der Waals surface area contributed by atoms with Crippen LogP contribution < -0.4 is 5.32 Å². The van der Waals surface area contributed by atoms with Gasteiger partial charge in [0.1, 0.15) is 5.82 Å². The van der Waals surface area contributed by atoms with Crippen molar-refractivity contribution >= 4 is 49.1 Å². The van der Waals surface area contributed by atoms with Gasteiger partial charge in [-0.1, -0.05) is 11.6 Å². The van der Waals surface area contributed by atoms with Gasteiger partial charge in [-0.25, -0.2) is 4.39 Å². The second-order valence-electron chi connectivity index (χ2n) is 4.19. The van der Waals surface area contributed by atoms with E-state index in [9.17, 15) is 4.39 Å². The third-order valence-corrected chi connectivity index (χ3v) is 4.27. The van der Waals surface area contributed by atoms with E-state index in [4.69, 9.17) is 11.6 Å². The Kier molecular flexibility index (Phi) is 4.87. The Labute approximate surface area is 133 Å². The van der Waals surface area contributed by atoms with Crippen LogP contribution in [0.15, 0.2) is 39.3 Å². The fourth-order valence-electron chi connectivity index (χ4n) is 1.73. The highest BCUT2D eigenvalue weighted by molar-refractivity contribution is 9.11. The van der Waals surface area contributed by atoms with Crippen molar-refractivity contribution in [1.29, 1.82) is 0 Å². The summed E-state index contributed by atoms with van der Waals surface area (Å²) in [6.07, 6.45) is 0. The lowest BCUT2D eigenvalue weighted by atomic mass is 10.2. The quantitative estimate of drug-likeness (QED) is 0.665. The van der Waals surface area contributed by atoms with Gasteiger partial charge in [0, 0.05) is 20.5 Å². The Bertz CT molecular complexity index is 593. The van der Waals surface area contributed by atoms with Gasteiger partial charge in [0.2, 0.25) is 0 Å². The highest BCUT2D eigenvalue weighted by atomic mass is 79.9. The van der Waals surface area contributed by atoms with Gasteiger partial charge in [-0.15, -0.1) is 0 Å². The summed E-state index contributed by atoms with van der Waals surface area (Å²) in [5, 5.41) is 3.80. The molecule has 0 heterocycles. The van der Waals surface area contributed by atoms with Crippen molar-refractivity contribution in [2.45, 2.75) is 13.5 Å². The van der Waals surface area contributed by atoms with Crippen LogP contribution in [0.5, 0.6) is 0 Å². The topological polar surface area (TPSA) is 12.0 Å². The van der Waals surface area contributed by atoms with Crippen LogP contribution in [-0.4, -0.2) is 0 Å². The summed E-state index contributed by atoms with van der Waals surface area (Å²) < 4.78 is 15.1. The molecule has 0 bridgehead atoms. The molecule has 1 N–H and O–H groups in total. The highest BCUT2D eigenvalue weighted by Crippen LogP contribution is 2.33. The van der Waals surface area contributed by atoms with Crippen LogP contribution in [-0.2, 0) is 6.54 Å². The summed E-state index contributed by atoms with van der Waals surface area (Å²) in [7, 11) is 0. The normalized spacial score (nSPS) is 10.6. The van der Waals surface area contributed by atoms with Crippen LogP contribution in [0.2, 0.25) is 5.02 Å². The molecular formula is C14H11Br2ClFN. The maximum absolute atomic E-state index is 13.2. The van der Waals surface area contributed by atoms with Gasteiger partial charge in [0.25, 0.3) is 0 Å². The number of anilines is 1. The van der Waals surface area contributed by atoms with Gasteiger partial charge >= 0.3 is 0 Å². The third kappa shape index (κ3) is 3.71. The van der Waals surface area contributed by atoms with Gasteiger partial charge in [0.15, 0.2) is 0 Å². The molecule has 0 aliphatic carbocycles. The zero-order valence-corrected chi connectivity index (χ0v) is 14.0. The van der Waals surface area contributed by atoms with Gasteiger partial charge in [-0.05, 0) is 80.2 Å². The fraction of sp³-hybridized carbons (Fsp3) is 0.143. The van der Waals surface area contributed by atoms with E-state index < -0.39 is 0 Å². The van der Waals surface area contributed by atoms with E-state index >= 15 is 0 Å². The van der Waals surface area contributed by atoms with Crippen LogP contribution in [0.3, 0.4) is 0 Å². The molecule has 0 aromatic heterocycles. The molecule has 0 saturated carbocycles. The Morgan fingerprint density at radius 3 is 2.42 bits per heavy atom. The monoisotopic (exact) mass is 405 g/mol. The molecule has 2 rings (SSSR count). The lowest BCUT2D eigenvalue weighted by Gasteiger charge is -2.13. The van der Waals surface area contributed by atoms with Crippen LogP contribution >= 0.6 is 43.5 Å². The molecule has 0 unspecified atom stereocenters. The summed E-state index contributed by atoms with van der Waals surface area (Å²) in [4.78, 5) is 0. The smallest absolute Gasteiger partial charge is 0.123 e. The molecule has 0 atom stereocenters. The maximum Gasteiger partial charge on any atom is 0.123 e. The van der Waals surface area contributed by atoms with E-state index in [2.05, 4.69) is 37.2 Å². The molecule has 0 fully saturated rings. The van der Waals surface area contributed by atoms with E-state index in [1.807, 2.05) is 19.1 Å². The van der Waals surface area contributed by atoms with E-state index in [0.717, 1.165) is 25.8 Å². The summed E-state index contributed by atoms with van der Waals surface area (Å²) >= 11 is 13.0. The Morgan fingerprint density at radius 1 is 1.16 bits per heavy atom. The molecule has 0 radical (unpaired) electrons. The van der Waals surface area contributed by atoms with Crippen molar-refractivity contribution in [3.8, 4) is 0 Å². The molecule has 0 saturated heterocycles. The molecule has 2 aromatic carbocycles. The first-order valence-electron chi connectivity index (χ1n) is 5.61. The highest BCUT2D eigenvalue weighted by Gasteiger charge is 2.08. The average Bonchev–Trinajstić information content (AvgIpc) is 2.32. The van der Waals surface area contributed by atoms with Gasteiger partial charge in [-0.2, -0.15) is 0 Å². The molecule has 2 aromatic rings. The summed E-state index contributed by atoms with van der Waals surface area (Å²) in [5.41, 5.74) is 2.79. The van der Waals surface area contributed by atoms with Gasteiger partial charge < -0.3 is 5.32 Å². The first-order chi connectivity index (χ1) is 8.97. The minimum atomic E-state index is -0.289. The van der Waals surface area contributed by atoms with Crippen LogP contribution in [0, 0.1) is 12.7 Å². The molecule has 0 amide bonds. The summed E-state index contributed by atoms with van der Waals surface area (Å²) in [5.74, 6) is -0.289. The number of aryl methyl sites for hydroxylation is 1. The lowest BCUT2D eigenvalue weighted by Crippen LogP contribution is -2.02. The van der Waals surface area contributed by atoms with Crippen LogP contribution in [0.4, 0.5) is 10.1 Å². The lowest BCUT2D eigenvalue weighted by molar-refractivity contribution is 0.626. The number of hydrogen-bond acceptors (Lipinski definition) is 1. The van der Waals surface area contributed by atoms with Gasteiger partial charge in [0.05, 0.1) is 5.69 Å². The van der Waals surface area contributed by atoms with Crippen molar-refractivity contribution in [1.82, 2.24) is 0 Å². The molecule has 0 aliphatic heterocycles. The van der Waals surface area contributed by atoms with Crippen LogP contribution in [0.25, 0.3) is 0 Å². The summed E-state index contributed by atoms with van der Waals surface area (Å²) in [6, 6.07) is 8.38.